The van der Waals surface area contributed by atoms with E-state index in [1.165, 1.54) is 31.2 Å². The number of hydrogen-bond acceptors (Lipinski definition) is 5. The first-order chi connectivity index (χ1) is 8.85. The maximum atomic E-state index is 11.6. The molecule has 8 heteroatoms. The first kappa shape index (κ1) is 15.1. The Morgan fingerprint density at radius 2 is 1.89 bits per heavy atom. The molecule has 0 unspecified atom stereocenters. The highest BCUT2D eigenvalue weighted by Gasteiger charge is 2.11. The Morgan fingerprint density at radius 1 is 1.32 bits per heavy atom. The fourth-order valence-corrected chi connectivity index (χ4v) is 2.00. The van der Waals surface area contributed by atoms with Gasteiger partial charge < -0.3 is 5.32 Å². The molecule has 1 rings (SSSR count). The van der Waals surface area contributed by atoms with Crippen LogP contribution < -0.4 is 5.32 Å². The molecule has 0 aliphatic heterocycles. The van der Waals surface area contributed by atoms with Crippen molar-refractivity contribution >= 4 is 21.4 Å². The minimum absolute atomic E-state index is 0.0198. The van der Waals surface area contributed by atoms with Crippen LogP contribution in [0.5, 0.6) is 0 Å². The summed E-state index contributed by atoms with van der Waals surface area (Å²) in [4.78, 5) is 21.5. The highest BCUT2D eigenvalue weighted by atomic mass is 32.2. The average molecular weight is 286 g/mol. The average Bonchev–Trinajstić information content (AvgIpc) is 2.38. The van der Waals surface area contributed by atoms with Gasteiger partial charge in [-0.2, -0.15) is 0 Å². The molecule has 19 heavy (non-hydrogen) atoms. The zero-order valence-corrected chi connectivity index (χ0v) is 11.1. The fourth-order valence-electron chi connectivity index (χ4n) is 1.30. The fraction of sp³-hybridized carbons (Fsp3) is 0.364. The lowest BCUT2D eigenvalue weighted by atomic mass is 10.2. The molecule has 1 aromatic rings. The highest BCUT2D eigenvalue weighted by molar-refractivity contribution is 7.91. The summed E-state index contributed by atoms with van der Waals surface area (Å²) in [6.45, 7) is 1.56. The largest absolute Gasteiger partial charge is 0.351 e. The summed E-state index contributed by atoms with van der Waals surface area (Å²) >= 11 is 0. The van der Waals surface area contributed by atoms with E-state index in [1.54, 1.807) is 0 Å². The molecular weight excluding hydrogens is 272 g/mol. The Bertz CT molecular complexity index is 565. The van der Waals surface area contributed by atoms with Gasteiger partial charge >= 0.3 is 0 Å². The van der Waals surface area contributed by atoms with E-state index in [0.29, 0.717) is 0 Å². The molecule has 0 atom stereocenters. The topological polar surface area (TPSA) is 106 Å². The van der Waals surface area contributed by atoms with E-state index < -0.39 is 20.7 Å². The number of rotatable bonds is 6. The number of carbonyl (C=O) groups excluding carboxylic acids is 1. The molecular formula is C11H14N2O5S. The Labute approximate surface area is 110 Å². The van der Waals surface area contributed by atoms with Gasteiger partial charge in [-0.1, -0.05) is 6.92 Å². The second-order valence-corrected chi connectivity index (χ2v) is 6.27. The molecule has 0 bridgehead atoms. The lowest BCUT2D eigenvalue weighted by Crippen LogP contribution is -2.29. The molecule has 0 aromatic heterocycles. The van der Waals surface area contributed by atoms with Crippen LogP contribution in [0.2, 0.25) is 0 Å². The third-order valence-corrected chi connectivity index (χ3v) is 4.18. The van der Waals surface area contributed by atoms with Gasteiger partial charge in [0, 0.05) is 30.0 Å². The number of benzene rings is 1. The van der Waals surface area contributed by atoms with Gasteiger partial charge in [-0.3, -0.25) is 14.9 Å². The first-order valence-corrected chi connectivity index (χ1v) is 7.41. The van der Waals surface area contributed by atoms with E-state index >= 15 is 0 Å². The van der Waals surface area contributed by atoms with Gasteiger partial charge in [0.1, 0.15) is 0 Å². The van der Waals surface area contributed by atoms with Crippen LogP contribution in [0.4, 0.5) is 5.69 Å². The van der Waals surface area contributed by atoms with Gasteiger partial charge in [-0.15, -0.1) is 0 Å². The number of nitrogens with one attached hydrogen (secondary N) is 1. The molecule has 1 N–H and O–H groups in total. The van der Waals surface area contributed by atoms with Crippen molar-refractivity contribution in [3.05, 3.63) is 39.9 Å². The Balaban J connectivity index is 2.57. The summed E-state index contributed by atoms with van der Waals surface area (Å²) in [6.07, 6.45) is 0. The molecule has 0 spiro atoms. The minimum Gasteiger partial charge on any atom is -0.351 e. The van der Waals surface area contributed by atoms with Crippen LogP contribution in [0.3, 0.4) is 0 Å². The molecule has 0 aliphatic rings. The summed E-state index contributed by atoms with van der Waals surface area (Å²) < 4.78 is 22.4. The maximum absolute atomic E-state index is 11.6. The molecule has 0 saturated carbocycles. The monoisotopic (exact) mass is 286 g/mol. The molecule has 0 radical (unpaired) electrons. The normalized spacial score (nSPS) is 11.0. The number of hydrogen-bond donors (Lipinski definition) is 1. The van der Waals surface area contributed by atoms with Gasteiger partial charge in [-0.25, -0.2) is 8.42 Å². The van der Waals surface area contributed by atoms with Crippen molar-refractivity contribution in [3.8, 4) is 0 Å². The number of nitro groups is 1. The van der Waals surface area contributed by atoms with Crippen LogP contribution in [0, 0.1) is 10.1 Å². The van der Waals surface area contributed by atoms with Crippen LogP contribution in [0.1, 0.15) is 17.3 Å². The summed E-state index contributed by atoms with van der Waals surface area (Å²) in [7, 11) is -3.12. The molecule has 0 fully saturated rings. The van der Waals surface area contributed by atoms with Crippen LogP contribution in [-0.2, 0) is 9.84 Å². The van der Waals surface area contributed by atoms with E-state index in [4.69, 9.17) is 0 Å². The van der Waals surface area contributed by atoms with Gasteiger partial charge in [0.25, 0.3) is 11.6 Å². The first-order valence-electron chi connectivity index (χ1n) is 5.59. The number of amides is 1. The third kappa shape index (κ3) is 4.66. The SMILES string of the molecule is CCS(=O)(=O)CCNC(=O)c1ccc([N+](=O)[O-])cc1. The van der Waals surface area contributed by atoms with Crippen molar-refractivity contribution in [3.63, 3.8) is 0 Å². The Morgan fingerprint density at radius 3 is 2.37 bits per heavy atom. The van der Waals surface area contributed by atoms with Crippen LogP contribution in [0.15, 0.2) is 24.3 Å². The predicted molar refractivity (Wildman–Crippen MR) is 69.8 cm³/mol. The highest BCUT2D eigenvalue weighted by Crippen LogP contribution is 2.11. The van der Waals surface area contributed by atoms with Crippen LogP contribution in [-0.4, -0.2) is 37.3 Å². The quantitative estimate of drug-likeness (QED) is 0.613. The van der Waals surface area contributed by atoms with Gasteiger partial charge in [0.15, 0.2) is 9.84 Å². The molecule has 1 amide bonds. The zero-order valence-electron chi connectivity index (χ0n) is 10.3. The zero-order chi connectivity index (χ0) is 14.5. The van der Waals surface area contributed by atoms with Crippen molar-refractivity contribution < 1.29 is 18.1 Å². The van der Waals surface area contributed by atoms with Gasteiger partial charge in [0.05, 0.1) is 10.7 Å². The standard InChI is InChI=1S/C11H14N2O5S/c1-2-19(17,18)8-7-12-11(14)9-3-5-10(6-4-9)13(15)16/h3-6H,2,7-8H2,1H3,(H,12,14). The second kappa shape index (κ2) is 6.28. The Kier molecular flexibility index (Phi) is 4.99. The minimum atomic E-state index is -3.12. The van der Waals surface area contributed by atoms with E-state index in [0.717, 1.165) is 0 Å². The predicted octanol–water partition coefficient (Wildman–Crippen LogP) is 0.759. The lowest BCUT2D eigenvalue weighted by Gasteiger charge is -2.05. The van der Waals surface area contributed by atoms with E-state index in [2.05, 4.69) is 5.32 Å². The number of carbonyl (C=O) groups is 1. The molecule has 0 saturated heterocycles. The summed E-state index contributed by atoms with van der Waals surface area (Å²) in [5, 5.41) is 12.9. The summed E-state index contributed by atoms with van der Waals surface area (Å²) in [6, 6.07) is 5.08. The summed E-state index contributed by atoms with van der Waals surface area (Å²) in [5.41, 5.74) is 0.143. The number of sulfone groups is 1. The van der Waals surface area contributed by atoms with Crippen LogP contribution in [0.25, 0.3) is 0 Å². The van der Waals surface area contributed by atoms with Crippen molar-refractivity contribution in [1.29, 1.82) is 0 Å². The molecule has 0 heterocycles. The number of nitro benzene ring substituents is 1. The maximum Gasteiger partial charge on any atom is 0.269 e. The van der Waals surface area contributed by atoms with Crippen LogP contribution >= 0.6 is 0 Å². The van der Waals surface area contributed by atoms with Crippen molar-refractivity contribution in [2.24, 2.45) is 0 Å². The second-order valence-electron chi connectivity index (χ2n) is 3.80. The van der Waals surface area contributed by atoms with Crippen molar-refractivity contribution in [2.45, 2.75) is 6.92 Å². The van der Waals surface area contributed by atoms with Gasteiger partial charge in [0.2, 0.25) is 0 Å². The number of non-ortho nitro benzene ring substituents is 1. The smallest absolute Gasteiger partial charge is 0.269 e. The molecule has 7 nitrogen and oxygen atoms in total. The van der Waals surface area contributed by atoms with E-state index in [-0.39, 0.29) is 29.3 Å². The lowest BCUT2D eigenvalue weighted by molar-refractivity contribution is -0.384. The Hall–Kier alpha value is -1.96. The van der Waals surface area contributed by atoms with Crippen molar-refractivity contribution in [2.75, 3.05) is 18.1 Å². The van der Waals surface area contributed by atoms with E-state index in [9.17, 15) is 23.3 Å². The van der Waals surface area contributed by atoms with E-state index in [1.807, 2.05) is 0 Å². The molecule has 104 valence electrons. The third-order valence-electron chi connectivity index (χ3n) is 2.48. The molecule has 1 aromatic carbocycles. The molecule has 0 aliphatic carbocycles. The number of nitrogens with zero attached hydrogens (tertiary/aromatic N) is 1. The van der Waals surface area contributed by atoms with Crippen molar-refractivity contribution in [1.82, 2.24) is 5.32 Å². The summed E-state index contributed by atoms with van der Waals surface area (Å²) in [5.74, 6) is -0.552. The van der Waals surface area contributed by atoms with Gasteiger partial charge in [-0.05, 0) is 12.1 Å².